The molecular formula is C18H22N4O3. The lowest BCUT2D eigenvalue weighted by Gasteiger charge is -2.41. The number of nitrogens with one attached hydrogen (secondary N) is 1. The molecule has 7 nitrogen and oxygen atoms in total. The highest BCUT2D eigenvalue weighted by Crippen LogP contribution is 2.42. The van der Waals surface area contributed by atoms with Gasteiger partial charge in [0.2, 0.25) is 5.91 Å². The van der Waals surface area contributed by atoms with Crippen LogP contribution >= 0.6 is 0 Å². The standard InChI is InChI=1S/C18H22N4O3/c1-21-8-7-19-17(21)16-12(2-5-15(23)22(16)14-3-4-14)10-20-18(24)13-6-9-25-11-13/h6-9,11-12,14,16H,2-5,10H2,1H3,(H,20,24)/t12-,16+/m1/s1. The normalized spacial score (nSPS) is 23.7. The lowest BCUT2D eigenvalue weighted by atomic mass is 9.87. The lowest BCUT2D eigenvalue weighted by molar-refractivity contribution is -0.140. The van der Waals surface area contributed by atoms with Crippen LogP contribution in [0.4, 0.5) is 0 Å². The maximum absolute atomic E-state index is 12.6. The van der Waals surface area contributed by atoms with Crippen molar-refractivity contribution in [3.8, 4) is 0 Å². The average molecular weight is 342 g/mol. The molecule has 0 spiro atoms. The Morgan fingerprint density at radius 2 is 2.24 bits per heavy atom. The SMILES string of the molecule is Cn1ccnc1[C@@H]1[C@@H](CNC(=O)c2ccoc2)CCC(=O)N1C1CC1. The van der Waals surface area contributed by atoms with Gasteiger partial charge in [0, 0.05) is 44.4 Å². The van der Waals surface area contributed by atoms with Crippen LogP contribution in [-0.4, -0.2) is 38.9 Å². The molecule has 2 fully saturated rings. The molecule has 0 bridgehead atoms. The molecule has 1 aliphatic heterocycles. The number of amides is 2. The van der Waals surface area contributed by atoms with E-state index in [1.54, 1.807) is 12.3 Å². The minimum absolute atomic E-state index is 0.0848. The number of nitrogens with zero attached hydrogens (tertiary/aromatic N) is 3. The van der Waals surface area contributed by atoms with Crippen LogP contribution in [0, 0.1) is 5.92 Å². The van der Waals surface area contributed by atoms with E-state index in [1.807, 2.05) is 22.7 Å². The Kier molecular flexibility index (Phi) is 4.07. The first kappa shape index (κ1) is 15.9. The second-order valence-electron chi connectivity index (χ2n) is 6.89. The molecular weight excluding hydrogens is 320 g/mol. The number of imidazole rings is 1. The van der Waals surface area contributed by atoms with Crippen molar-refractivity contribution in [1.29, 1.82) is 0 Å². The van der Waals surface area contributed by atoms with E-state index in [4.69, 9.17) is 4.42 Å². The fraction of sp³-hybridized carbons (Fsp3) is 0.500. The number of hydrogen-bond donors (Lipinski definition) is 1. The van der Waals surface area contributed by atoms with E-state index in [-0.39, 0.29) is 23.8 Å². The summed E-state index contributed by atoms with van der Waals surface area (Å²) >= 11 is 0. The monoisotopic (exact) mass is 342 g/mol. The van der Waals surface area contributed by atoms with Gasteiger partial charge in [-0.25, -0.2) is 4.98 Å². The predicted octanol–water partition coefficient (Wildman–Crippen LogP) is 1.89. The minimum Gasteiger partial charge on any atom is -0.472 e. The molecule has 0 unspecified atom stereocenters. The second kappa shape index (κ2) is 6.38. The molecule has 3 heterocycles. The Morgan fingerprint density at radius 3 is 2.88 bits per heavy atom. The number of carbonyl (C=O) groups is 2. The summed E-state index contributed by atoms with van der Waals surface area (Å²) in [5.41, 5.74) is 0.513. The van der Waals surface area contributed by atoms with Crippen molar-refractivity contribution in [1.82, 2.24) is 19.8 Å². The molecule has 4 rings (SSSR count). The average Bonchev–Trinajstić information content (AvgIpc) is 3.11. The molecule has 25 heavy (non-hydrogen) atoms. The van der Waals surface area contributed by atoms with Crippen LogP contribution in [0.5, 0.6) is 0 Å². The third kappa shape index (κ3) is 3.06. The topological polar surface area (TPSA) is 80.4 Å². The first-order chi connectivity index (χ1) is 12.1. The van der Waals surface area contributed by atoms with Gasteiger partial charge in [-0.2, -0.15) is 0 Å². The van der Waals surface area contributed by atoms with Gasteiger partial charge in [0.15, 0.2) is 0 Å². The lowest BCUT2D eigenvalue weighted by Crippen LogP contribution is -2.48. The molecule has 2 aromatic heterocycles. The van der Waals surface area contributed by atoms with E-state index in [9.17, 15) is 9.59 Å². The van der Waals surface area contributed by atoms with Crippen LogP contribution in [0.2, 0.25) is 0 Å². The highest BCUT2D eigenvalue weighted by molar-refractivity contribution is 5.93. The van der Waals surface area contributed by atoms with Crippen LogP contribution in [-0.2, 0) is 11.8 Å². The van der Waals surface area contributed by atoms with Gasteiger partial charge in [-0.15, -0.1) is 0 Å². The summed E-state index contributed by atoms with van der Waals surface area (Å²) < 4.78 is 6.94. The molecule has 2 aliphatic rings. The largest absolute Gasteiger partial charge is 0.472 e. The van der Waals surface area contributed by atoms with Crippen LogP contribution in [0.1, 0.15) is 47.9 Å². The van der Waals surface area contributed by atoms with Crippen LogP contribution in [0.25, 0.3) is 0 Å². The van der Waals surface area contributed by atoms with Crippen molar-refractivity contribution in [3.63, 3.8) is 0 Å². The van der Waals surface area contributed by atoms with Gasteiger partial charge in [-0.1, -0.05) is 0 Å². The van der Waals surface area contributed by atoms with Crippen molar-refractivity contribution in [2.45, 2.75) is 37.8 Å². The summed E-state index contributed by atoms with van der Waals surface area (Å²) in [7, 11) is 1.95. The van der Waals surface area contributed by atoms with Gasteiger partial charge < -0.3 is 19.2 Å². The van der Waals surface area contributed by atoms with Crippen molar-refractivity contribution >= 4 is 11.8 Å². The number of carbonyl (C=O) groups excluding carboxylic acids is 2. The molecule has 1 aliphatic carbocycles. The Bertz CT molecular complexity index is 763. The fourth-order valence-corrected chi connectivity index (χ4v) is 3.69. The van der Waals surface area contributed by atoms with Crippen LogP contribution in [0.15, 0.2) is 35.4 Å². The zero-order valence-corrected chi connectivity index (χ0v) is 14.2. The molecule has 2 atom stereocenters. The van der Waals surface area contributed by atoms with Crippen molar-refractivity contribution in [2.75, 3.05) is 6.54 Å². The third-order valence-electron chi connectivity index (χ3n) is 5.13. The zero-order chi connectivity index (χ0) is 17.4. The quantitative estimate of drug-likeness (QED) is 0.900. The van der Waals surface area contributed by atoms with Crippen molar-refractivity contribution < 1.29 is 14.0 Å². The maximum Gasteiger partial charge on any atom is 0.254 e. The highest BCUT2D eigenvalue weighted by atomic mass is 16.3. The Balaban J connectivity index is 1.55. The van der Waals surface area contributed by atoms with Gasteiger partial charge in [-0.3, -0.25) is 9.59 Å². The zero-order valence-electron chi connectivity index (χ0n) is 14.2. The number of piperidine rings is 1. The Hall–Kier alpha value is -2.57. The van der Waals surface area contributed by atoms with E-state index >= 15 is 0 Å². The highest BCUT2D eigenvalue weighted by Gasteiger charge is 2.45. The summed E-state index contributed by atoms with van der Waals surface area (Å²) in [6.07, 6.45) is 9.99. The maximum atomic E-state index is 12.6. The van der Waals surface area contributed by atoms with Crippen molar-refractivity contribution in [3.05, 3.63) is 42.4 Å². The molecule has 2 aromatic rings. The molecule has 7 heteroatoms. The Morgan fingerprint density at radius 1 is 1.40 bits per heavy atom. The fourth-order valence-electron chi connectivity index (χ4n) is 3.69. The van der Waals surface area contributed by atoms with Crippen LogP contribution < -0.4 is 5.32 Å². The molecule has 0 aromatic carbocycles. The Labute approximate surface area is 146 Å². The summed E-state index contributed by atoms with van der Waals surface area (Å²) in [5.74, 6) is 1.09. The molecule has 0 radical (unpaired) electrons. The first-order valence-corrected chi connectivity index (χ1v) is 8.74. The van der Waals surface area contributed by atoms with E-state index in [1.165, 1.54) is 12.5 Å². The summed E-state index contributed by atoms with van der Waals surface area (Å²) in [6.45, 7) is 0.512. The van der Waals surface area contributed by atoms with E-state index in [0.29, 0.717) is 24.6 Å². The van der Waals surface area contributed by atoms with Crippen LogP contribution in [0.3, 0.4) is 0 Å². The van der Waals surface area contributed by atoms with E-state index in [0.717, 1.165) is 25.1 Å². The summed E-state index contributed by atoms with van der Waals surface area (Å²) in [5, 5.41) is 2.99. The molecule has 132 valence electrons. The minimum atomic E-state index is -0.151. The number of furan rings is 1. The molecule has 1 saturated heterocycles. The van der Waals surface area contributed by atoms with Crippen molar-refractivity contribution in [2.24, 2.45) is 13.0 Å². The number of likely N-dealkylation sites (tertiary alicyclic amines) is 1. The van der Waals surface area contributed by atoms with Gasteiger partial charge >= 0.3 is 0 Å². The molecule has 2 amide bonds. The summed E-state index contributed by atoms with van der Waals surface area (Å²) in [4.78, 5) is 31.3. The number of rotatable bonds is 5. The predicted molar refractivity (Wildman–Crippen MR) is 89.6 cm³/mol. The first-order valence-electron chi connectivity index (χ1n) is 8.74. The molecule has 1 saturated carbocycles. The molecule has 1 N–H and O–H groups in total. The number of aryl methyl sites for hydroxylation is 1. The van der Waals surface area contributed by atoms with Gasteiger partial charge in [-0.05, 0) is 25.3 Å². The van der Waals surface area contributed by atoms with E-state index in [2.05, 4.69) is 10.3 Å². The van der Waals surface area contributed by atoms with Gasteiger partial charge in [0.1, 0.15) is 12.1 Å². The number of aromatic nitrogens is 2. The van der Waals surface area contributed by atoms with Gasteiger partial charge in [0.25, 0.3) is 5.91 Å². The third-order valence-corrected chi connectivity index (χ3v) is 5.13. The smallest absolute Gasteiger partial charge is 0.254 e. The van der Waals surface area contributed by atoms with Gasteiger partial charge in [0.05, 0.1) is 17.9 Å². The number of hydrogen-bond acceptors (Lipinski definition) is 4. The van der Waals surface area contributed by atoms with E-state index < -0.39 is 0 Å². The summed E-state index contributed by atoms with van der Waals surface area (Å²) in [6, 6.07) is 1.88. The second-order valence-corrected chi connectivity index (χ2v) is 6.89.